The molecule has 1 saturated heterocycles. The Kier molecular flexibility index (Phi) is 3.40. The highest BCUT2D eigenvalue weighted by Gasteiger charge is 2.39. The first-order valence-electron chi connectivity index (χ1n) is 5.60. The smallest absolute Gasteiger partial charge is 0.324 e. The van der Waals surface area contributed by atoms with Crippen molar-refractivity contribution in [1.82, 2.24) is 5.32 Å². The average molecular weight is 282 g/mol. The summed E-state index contributed by atoms with van der Waals surface area (Å²) in [5.74, 6) is 1.67. The first kappa shape index (κ1) is 13.9. The Balaban J connectivity index is 2.26. The number of benzene rings is 1. The molecule has 1 aromatic rings. The zero-order valence-corrected chi connectivity index (χ0v) is 10.1. The fourth-order valence-electron chi connectivity index (χ4n) is 1.83. The Labute approximate surface area is 112 Å². The van der Waals surface area contributed by atoms with Crippen LogP contribution in [0.15, 0.2) is 24.3 Å². The van der Waals surface area contributed by atoms with E-state index in [9.17, 15) is 22.8 Å². The molecule has 1 atom stereocenters. The van der Waals surface area contributed by atoms with Gasteiger partial charge >= 0.3 is 12.2 Å². The number of terminal acetylenes is 1. The molecule has 0 saturated carbocycles. The molecule has 0 aromatic heterocycles. The predicted octanol–water partition coefficient (Wildman–Crippen LogP) is 2.15. The maximum Gasteiger partial charge on any atom is 0.416 e. The number of imide groups is 1. The van der Waals surface area contributed by atoms with Gasteiger partial charge in [-0.25, -0.2) is 9.69 Å². The fraction of sp³-hybridized carbons (Fsp3) is 0.231. The standard InChI is InChI=1S/C13H9F3N2O2/c1-2-3-10-11(19)18(12(20)17-10)9-6-4-8(5-7-9)13(14,15)16/h1,4-7,10H,3H2,(H,17,20). The molecular weight excluding hydrogens is 273 g/mol. The number of halogens is 3. The summed E-state index contributed by atoms with van der Waals surface area (Å²) in [5.41, 5.74) is -0.784. The quantitative estimate of drug-likeness (QED) is 0.667. The van der Waals surface area contributed by atoms with Crippen LogP contribution in [0.1, 0.15) is 12.0 Å². The highest BCUT2D eigenvalue weighted by molar-refractivity contribution is 6.21. The van der Waals surface area contributed by atoms with Crippen molar-refractivity contribution in [2.45, 2.75) is 18.6 Å². The second kappa shape index (κ2) is 4.89. The van der Waals surface area contributed by atoms with Gasteiger partial charge in [0.05, 0.1) is 11.3 Å². The van der Waals surface area contributed by atoms with Crippen LogP contribution in [0.3, 0.4) is 0 Å². The van der Waals surface area contributed by atoms with E-state index in [4.69, 9.17) is 6.42 Å². The molecule has 0 radical (unpaired) electrons. The molecule has 2 rings (SSSR count). The Hall–Kier alpha value is -2.49. The van der Waals surface area contributed by atoms with Crippen LogP contribution < -0.4 is 10.2 Å². The molecule has 0 aliphatic carbocycles. The molecule has 7 heteroatoms. The maximum atomic E-state index is 12.4. The number of nitrogens with one attached hydrogen (secondary N) is 1. The SMILES string of the molecule is C#CCC1NC(=O)N(c2ccc(C(F)(F)F)cc2)C1=O. The van der Waals surface area contributed by atoms with Gasteiger partial charge in [0.2, 0.25) is 0 Å². The zero-order valence-electron chi connectivity index (χ0n) is 10.1. The first-order chi connectivity index (χ1) is 9.34. The van der Waals surface area contributed by atoms with Crippen LogP contribution in [0, 0.1) is 12.3 Å². The van der Waals surface area contributed by atoms with E-state index in [1.54, 1.807) is 0 Å². The average Bonchev–Trinajstić information content (AvgIpc) is 2.64. The van der Waals surface area contributed by atoms with Crippen molar-refractivity contribution < 1.29 is 22.8 Å². The van der Waals surface area contributed by atoms with E-state index in [1.807, 2.05) is 0 Å². The molecule has 0 spiro atoms. The van der Waals surface area contributed by atoms with Crippen LogP contribution in [0.2, 0.25) is 0 Å². The van der Waals surface area contributed by atoms with Gasteiger partial charge in [0.15, 0.2) is 0 Å². The van der Waals surface area contributed by atoms with Crippen molar-refractivity contribution in [2.75, 3.05) is 4.90 Å². The first-order valence-corrected chi connectivity index (χ1v) is 5.60. The van der Waals surface area contributed by atoms with Gasteiger partial charge < -0.3 is 5.32 Å². The largest absolute Gasteiger partial charge is 0.416 e. The predicted molar refractivity (Wildman–Crippen MR) is 64.7 cm³/mol. The number of carbonyl (C=O) groups excluding carboxylic acids is 2. The Morgan fingerprint density at radius 1 is 1.25 bits per heavy atom. The number of amides is 3. The third-order valence-corrected chi connectivity index (χ3v) is 2.79. The normalized spacial score (nSPS) is 18.9. The molecule has 4 nitrogen and oxygen atoms in total. The number of rotatable bonds is 2. The molecule has 104 valence electrons. The summed E-state index contributed by atoms with van der Waals surface area (Å²) in [4.78, 5) is 24.3. The molecule has 1 aliphatic rings. The van der Waals surface area contributed by atoms with Crippen LogP contribution >= 0.6 is 0 Å². The maximum absolute atomic E-state index is 12.4. The molecule has 20 heavy (non-hydrogen) atoms. The molecular formula is C13H9F3N2O2. The van der Waals surface area contributed by atoms with Crippen molar-refractivity contribution in [3.63, 3.8) is 0 Å². The van der Waals surface area contributed by atoms with Crippen LogP contribution in [0.25, 0.3) is 0 Å². The van der Waals surface area contributed by atoms with Crippen molar-refractivity contribution in [2.24, 2.45) is 0 Å². The summed E-state index contributed by atoms with van der Waals surface area (Å²) >= 11 is 0. The topological polar surface area (TPSA) is 49.4 Å². The lowest BCUT2D eigenvalue weighted by molar-refractivity contribution is -0.137. The van der Waals surface area contributed by atoms with Gasteiger partial charge in [0.25, 0.3) is 5.91 Å². The van der Waals surface area contributed by atoms with Crippen molar-refractivity contribution in [1.29, 1.82) is 0 Å². The lowest BCUT2D eigenvalue weighted by Crippen LogP contribution is -2.31. The summed E-state index contributed by atoms with van der Waals surface area (Å²) in [5, 5.41) is 2.37. The van der Waals surface area contributed by atoms with Gasteiger partial charge in [-0.1, -0.05) is 0 Å². The highest BCUT2D eigenvalue weighted by Crippen LogP contribution is 2.31. The van der Waals surface area contributed by atoms with Gasteiger partial charge in [-0.05, 0) is 24.3 Å². The summed E-state index contributed by atoms with van der Waals surface area (Å²) < 4.78 is 37.3. The molecule has 1 aromatic carbocycles. The van der Waals surface area contributed by atoms with E-state index in [2.05, 4.69) is 11.2 Å². The number of anilines is 1. The van der Waals surface area contributed by atoms with Crippen molar-refractivity contribution in [3.8, 4) is 12.3 Å². The highest BCUT2D eigenvalue weighted by atomic mass is 19.4. The van der Waals surface area contributed by atoms with Crippen LogP contribution in [-0.2, 0) is 11.0 Å². The number of hydrogen-bond acceptors (Lipinski definition) is 2. The fourth-order valence-corrected chi connectivity index (χ4v) is 1.83. The number of carbonyl (C=O) groups is 2. The Bertz CT molecular complexity index is 587. The van der Waals surface area contributed by atoms with Crippen molar-refractivity contribution in [3.05, 3.63) is 29.8 Å². The minimum absolute atomic E-state index is 0.0295. The number of nitrogens with zero attached hydrogens (tertiary/aromatic N) is 1. The second-order valence-corrected chi connectivity index (χ2v) is 4.13. The van der Waals surface area contributed by atoms with E-state index in [0.29, 0.717) is 0 Å². The molecule has 1 aliphatic heterocycles. The van der Waals surface area contributed by atoms with Gasteiger partial charge in [0, 0.05) is 6.42 Å². The van der Waals surface area contributed by atoms with E-state index >= 15 is 0 Å². The Morgan fingerprint density at radius 3 is 2.35 bits per heavy atom. The second-order valence-electron chi connectivity index (χ2n) is 4.13. The molecule has 1 unspecified atom stereocenters. The molecule has 3 amide bonds. The van der Waals surface area contributed by atoms with Gasteiger partial charge in [-0.15, -0.1) is 12.3 Å². The zero-order chi connectivity index (χ0) is 14.9. The minimum atomic E-state index is -4.47. The van der Waals surface area contributed by atoms with Crippen molar-refractivity contribution >= 4 is 17.6 Å². The van der Waals surface area contributed by atoms with Gasteiger partial charge in [-0.3, -0.25) is 4.79 Å². The summed E-state index contributed by atoms with van der Waals surface area (Å²) in [6.07, 6.45) is 0.630. The number of urea groups is 1. The third kappa shape index (κ3) is 2.45. The minimum Gasteiger partial charge on any atom is -0.324 e. The summed E-state index contributed by atoms with van der Waals surface area (Å²) in [6, 6.07) is 2.22. The van der Waals surface area contributed by atoms with E-state index in [-0.39, 0.29) is 12.1 Å². The molecule has 0 bridgehead atoms. The van der Waals surface area contributed by atoms with E-state index in [1.165, 1.54) is 0 Å². The summed E-state index contributed by atoms with van der Waals surface area (Å²) in [6.45, 7) is 0. The lowest BCUT2D eigenvalue weighted by Gasteiger charge is -2.14. The summed E-state index contributed by atoms with van der Waals surface area (Å²) in [7, 11) is 0. The molecule has 1 heterocycles. The van der Waals surface area contributed by atoms with E-state index < -0.39 is 29.7 Å². The van der Waals surface area contributed by atoms with Crippen LogP contribution in [0.5, 0.6) is 0 Å². The monoisotopic (exact) mass is 282 g/mol. The van der Waals surface area contributed by atoms with E-state index in [0.717, 1.165) is 29.2 Å². The Morgan fingerprint density at radius 2 is 1.85 bits per heavy atom. The van der Waals surface area contributed by atoms with Gasteiger partial charge in [-0.2, -0.15) is 13.2 Å². The lowest BCUT2D eigenvalue weighted by atomic mass is 10.1. The van der Waals surface area contributed by atoms with Gasteiger partial charge in [0.1, 0.15) is 6.04 Å². The number of hydrogen-bond donors (Lipinski definition) is 1. The third-order valence-electron chi connectivity index (χ3n) is 2.79. The molecule has 1 fully saturated rings. The number of alkyl halides is 3. The molecule has 1 N–H and O–H groups in total. The van der Waals surface area contributed by atoms with Crippen LogP contribution in [-0.4, -0.2) is 18.0 Å². The van der Waals surface area contributed by atoms with Crippen LogP contribution in [0.4, 0.5) is 23.7 Å².